The van der Waals surface area contributed by atoms with Crippen LogP contribution < -0.4 is 10.1 Å². The molecule has 4 heterocycles. The van der Waals surface area contributed by atoms with Crippen LogP contribution in [0.1, 0.15) is 62.6 Å². The van der Waals surface area contributed by atoms with E-state index in [0.29, 0.717) is 5.88 Å². The molecule has 1 amide bonds. The standard InChI is InChI=1S/C29H34N4O4S/c34-27-25(20-7-2-1-3-8-20)32-29-31-21(17-38-29)9-5-4-6-18-10-11-19-12-13-30-26(23(19)14-18)37-22-15-24(28(35)36)33(27)16-22/h10-14,17,20,22,24-25H,1-9,15-16H2,(H,31,32)(H,35,36)/t22-,24+,25+/m1/s1. The summed E-state index contributed by atoms with van der Waals surface area (Å²) in [6, 6.07) is 6.92. The molecule has 38 heavy (non-hydrogen) atoms. The average Bonchev–Trinajstić information content (AvgIpc) is 3.57. The molecular formula is C29H34N4O4S. The number of nitrogens with one attached hydrogen (secondary N) is 1. The van der Waals surface area contributed by atoms with E-state index in [2.05, 4.69) is 33.9 Å². The van der Waals surface area contributed by atoms with Crippen LogP contribution >= 0.6 is 11.3 Å². The summed E-state index contributed by atoms with van der Waals surface area (Å²) < 4.78 is 6.35. The van der Waals surface area contributed by atoms with Gasteiger partial charge < -0.3 is 20.1 Å². The fraction of sp³-hybridized carbons (Fsp3) is 0.517. The number of pyridine rings is 1. The Morgan fingerprint density at radius 1 is 1.11 bits per heavy atom. The van der Waals surface area contributed by atoms with Crippen molar-refractivity contribution in [3.05, 3.63) is 47.1 Å². The number of thiazole rings is 1. The molecular weight excluding hydrogens is 500 g/mol. The Balaban J connectivity index is 1.36. The first-order valence-corrected chi connectivity index (χ1v) is 14.7. The van der Waals surface area contributed by atoms with Crippen LogP contribution in [-0.2, 0) is 22.4 Å². The van der Waals surface area contributed by atoms with Gasteiger partial charge in [0.05, 0.1) is 12.2 Å². The Hall–Kier alpha value is -3.20. The zero-order valence-corrected chi connectivity index (χ0v) is 22.3. The molecule has 6 rings (SSSR count). The smallest absolute Gasteiger partial charge is 0.326 e. The topological polar surface area (TPSA) is 105 Å². The van der Waals surface area contributed by atoms with Gasteiger partial charge in [-0.1, -0.05) is 31.4 Å². The Morgan fingerprint density at radius 2 is 1.95 bits per heavy atom. The van der Waals surface area contributed by atoms with Gasteiger partial charge in [0.2, 0.25) is 11.8 Å². The first kappa shape index (κ1) is 25.1. The number of carboxylic acids is 1. The van der Waals surface area contributed by atoms with E-state index in [-0.39, 0.29) is 24.8 Å². The quantitative estimate of drug-likeness (QED) is 0.473. The van der Waals surface area contributed by atoms with E-state index in [1.165, 1.54) is 28.2 Å². The average molecular weight is 535 g/mol. The number of carboxylic acid groups (broad SMARTS) is 1. The molecule has 8 nitrogen and oxygen atoms in total. The van der Waals surface area contributed by atoms with Crippen LogP contribution in [0.3, 0.4) is 0 Å². The van der Waals surface area contributed by atoms with Crippen LogP contribution in [0.2, 0.25) is 0 Å². The second kappa shape index (κ2) is 10.9. The zero-order chi connectivity index (χ0) is 26.1. The molecule has 9 heteroatoms. The largest absolute Gasteiger partial charge is 0.480 e. The fourth-order valence-electron chi connectivity index (χ4n) is 6.24. The molecule has 2 aromatic heterocycles. The number of nitrogens with zero attached hydrogens (tertiary/aromatic N) is 3. The SMILES string of the molecule is O=C(O)[C@@H]1C[C@@H]2CN1C(=O)[C@H](C1CCCCC1)Nc1nc(cs1)CCCCc1ccc3ccnc(c3c1)O2. The van der Waals surface area contributed by atoms with Crippen LogP contribution in [0.5, 0.6) is 5.88 Å². The Labute approximate surface area is 226 Å². The number of fused-ring (bicyclic) bond motifs is 5. The summed E-state index contributed by atoms with van der Waals surface area (Å²) in [7, 11) is 0. The molecule has 3 aliphatic rings. The molecule has 0 unspecified atom stereocenters. The predicted octanol–water partition coefficient (Wildman–Crippen LogP) is 5.06. The molecule has 3 aromatic rings. The van der Waals surface area contributed by atoms with Crippen LogP contribution in [0.25, 0.3) is 10.8 Å². The molecule has 6 bridgehead atoms. The third-order valence-corrected chi connectivity index (χ3v) is 9.09. The molecule has 3 atom stereocenters. The van der Waals surface area contributed by atoms with E-state index in [4.69, 9.17) is 9.72 Å². The number of aryl methyl sites for hydroxylation is 2. The summed E-state index contributed by atoms with van der Waals surface area (Å²) >= 11 is 1.53. The van der Waals surface area contributed by atoms with Gasteiger partial charge in [-0.25, -0.2) is 14.8 Å². The van der Waals surface area contributed by atoms with Gasteiger partial charge in [-0.15, -0.1) is 11.3 Å². The van der Waals surface area contributed by atoms with Gasteiger partial charge >= 0.3 is 5.97 Å². The maximum Gasteiger partial charge on any atom is 0.326 e. The molecule has 2 N–H and O–H groups in total. The monoisotopic (exact) mass is 534 g/mol. The highest BCUT2D eigenvalue weighted by atomic mass is 32.1. The number of hydrogen-bond acceptors (Lipinski definition) is 7. The highest BCUT2D eigenvalue weighted by Crippen LogP contribution is 2.34. The van der Waals surface area contributed by atoms with E-state index in [1.54, 1.807) is 6.20 Å². The number of carbonyl (C=O) groups is 2. The van der Waals surface area contributed by atoms with Crippen molar-refractivity contribution in [1.82, 2.24) is 14.9 Å². The second-order valence-electron chi connectivity index (χ2n) is 10.9. The summed E-state index contributed by atoms with van der Waals surface area (Å²) in [5.74, 6) is -0.504. The lowest BCUT2D eigenvalue weighted by Gasteiger charge is -2.34. The number of ether oxygens (including phenoxy) is 1. The third-order valence-electron chi connectivity index (χ3n) is 8.27. The number of rotatable bonds is 2. The summed E-state index contributed by atoms with van der Waals surface area (Å²) in [4.78, 5) is 37.2. The van der Waals surface area contributed by atoms with Crippen molar-refractivity contribution < 1.29 is 19.4 Å². The van der Waals surface area contributed by atoms with E-state index >= 15 is 0 Å². The van der Waals surface area contributed by atoms with Gasteiger partial charge in [-0.05, 0) is 67.5 Å². The molecule has 1 aromatic carbocycles. The number of aliphatic carboxylic acids is 1. The molecule has 1 saturated carbocycles. The molecule has 1 saturated heterocycles. The summed E-state index contributed by atoms with van der Waals surface area (Å²) in [6.07, 6.45) is 10.7. The van der Waals surface area contributed by atoms with Crippen molar-refractivity contribution in [3.8, 4) is 5.88 Å². The molecule has 0 radical (unpaired) electrons. The highest BCUT2D eigenvalue weighted by molar-refractivity contribution is 7.13. The molecule has 0 spiro atoms. The molecule has 1 aliphatic carbocycles. The van der Waals surface area contributed by atoms with Crippen molar-refractivity contribution >= 4 is 39.1 Å². The number of amides is 1. The maximum atomic E-state index is 14.1. The van der Waals surface area contributed by atoms with Crippen molar-refractivity contribution in [1.29, 1.82) is 0 Å². The van der Waals surface area contributed by atoms with Gasteiger partial charge in [0.15, 0.2) is 5.13 Å². The zero-order valence-electron chi connectivity index (χ0n) is 21.5. The van der Waals surface area contributed by atoms with Gasteiger partial charge in [0.25, 0.3) is 0 Å². The Bertz CT molecular complexity index is 1320. The normalized spacial score (nSPS) is 25.0. The summed E-state index contributed by atoms with van der Waals surface area (Å²) in [6.45, 7) is 0.224. The maximum absolute atomic E-state index is 14.1. The van der Waals surface area contributed by atoms with E-state index < -0.39 is 24.2 Å². The number of carbonyl (C=O) groups excluding carboxylic acids is 1. The lowest BCUT2D eigenvalue weighted by Crippen LogP contribution is -2.51. The van der Waals surface area contributed by atoms with Gasteiger partial charge in [0.1, 0.15) is 18.2 Å². The van der Waals surface area contributed by atoms with Crippen molar-refractivity contribution in [2.75, 3.05) is 11.9 Å². The third kappa shape index (κ3) is 5.21. The highest BCUT2D eigenvalue weighted by Gasteiger charge is 2.45. The number of hydrogen-bond donors (Lipinski definition) is 2. The summed E-state index contributed by atoms with van der Waals surface area (Å²) in [5, 5.41) is 18.3. The van der Waals surface area contributed by atoms with Crippen molar-refractivity contribution in [3.63, 3.8) is 0 Å². The van der Waals surface area contributed by atoms with Gasteiger partial charge in [-0.2, -0.15) is 0 Å². The van der Waals surface area contributed by atoms with Gasteiger partial charge in [-0.3, -0.25) is 4.79 Å². The second-order valence-corrected chi connectivity index (χ2v) is 11.7. The minimum atomic E-state index is -0.998. The molecule has 2 fully saturated rings. The van der Waals surface area contributed by atoms with E-state index in [0.717, 1.165) is 73.0 Å². The molecule has 200 valence electrons. The van der Waals surface area contributed by atoms with E-state index in [9.17, 15) is 14.7 Å². The lowest BCUT2D eigenvalue weighted by molar-refractivity contribution is -0.149. The number of benzene rings is 1. The van der Waals surface area contributed by atoms with Crippen LogP contribution in [-0.4, -0.2) is 56.6 Å². The predicted molar refractivity (Wildman–Crippen MR) is 147 cm³/mol. The van der Waals surface area contributed by atoms with Gasteiger partial charge in [0, 0.05) is 23.4 Å². The minimum Gasteiger partial charge on any atom is -0.480 e. The van der Waals surface area contributed by atoms with Crippen molar-refractivity contribution in [2.24, 2.45) is 5.92 Å². The minimum absolute atomic E-state index is 0.154. The summed E-state index contributed by atoms with van der Waals surface area (Å²) in [5.41, 5.74) is 2.26. The molecule has 2 aliphatic heterocycles. The van der Waals surface area contributed by atoms with Crippen LogP contribution in [0, 0.1) is 5.92 Å². The Kier molecular flexibility index (Phi) is 7.19. The van der Waals surface area contributed by atoms with E-state index in [1.807, 2.05) is 6.07 Å². The van der Waals surface area contributed by atoms with Crippen molar-refractivity contribution in [2.45, 2.75) is 82.4 Å². The fourth-order valence-corrected chi connectivity index (χ4v) is 7.02. The van der Waals surface area contributed by atoms with Crippen LogP contribution in [0.15, 0.2) is 35.8 Å². The number of anilines is 1. The lowest BCUT2D eigenvalue weighted by atomic mass is 9.83. The van der Waals surface area contributed by atoms with Crippen LogP contribution in [0.4, 0.5) is 5.13 Å². The first-order chi connectivity index (χ1) is 18.5. The number of aromatic nitrogens is 2. The Morgan fingerprint density at radius 3 is 2.79 bits per heavy atom. The first-order valence-electron chi connectivity index (χ1n) is 13.8.